The van der Waals surface area contributed by atoms with Crippen molar-refractivity contribution in [1.82, 2.24) is 5.32 Å². The second-order valence-electron chi connectivity index (χ2n) is 4.90. The zero-order valence-corrected chi connectivity index (χ0v) is 11.4. The Morgan fingerprint density at radius 1 is 1.48 bits per heavy atom. The molecule has 0 aliphatic carbocycles. The molecular formula is C13H15N3O5. The third-order valence-electron chi connectivity index (χ3n) is 3.36. The van der Waals surface area contributed by atoms with Crippen LogP contribution in [0.2, 0.25) is 0 Å². The Labute approximate surface area is 120 Å². The fraction of sp³-hybridized carbons (Fsp3) is 0.385. The van der Waals surface area contributed by atoms with Crippen LogP contribution in [-0.4, -0.2) is 41.0 Å². The minimum absolute atomic E-state index is 0.0544. The second-order valence-corrected chi connectivity index (χ2v) is 4.90. The van der Waals surface area contributed by atoms with Gasteiger partial charge in [-0.2, -0.15) is 0 Å². The number of rotatable bonds is 4. The average molecular weight is 293 g/mol. The maximum Gasteiger partial charge on any atom is 0.335 e. The number of benzene rings is 1. The summed E-state index contributed by atoms with van der Waals surface area (Å²) in [6, 6.07) is 3.79. The summed E-state index contributed by atoms with van der Waals surface area (Å²) in [5, 5.41) is 22.8. The Kier molecular flexibility index (Phi) is 4.06. The lowest BCUT2D eigenvalue weighted by Crippen LogP contribution is -2.35. The van der Waals surface area contributed by atoms with E-state index in [2.05, 4.69) is 5.32 Å². The van der Waals surface area contributed by atoms with Gasteiger partial charge in [-0.3, -0.25) is 14.9 Å². The summed E-state index contributed by atoms with van der Waals surface area (Å²) in [6.07, 6.45) is 0.692. The van der Waals surface area contributed by atoms with E-state index in [-0.39, 0.29) is 23.2 Å². The first-order chi connectivity index (χ1) is 9.88. The van der Waals surface area contributed by atoms with Gasteiger partial charge in [-0.25, -0.2) is 4.79 Å². The van der Waals surface area contributed by atoms with E-state index in [1.54, 1.807) is 4.90 Å². The van der Waals surface area contributed by atoms with Crippen molar-refractivity contribution >= 4 is 23.3 Å². The average Bonchev–Trinajstić information content (AvgIpc) is 2.85. The van der Waals surface area contributed by atoms with Crippen LogP contribution >= 0.6 is 0 Å². The van der Waals surface area contributed by atoms with E-state index < -0.39 is 10.9 Å². The first-order valence-electron chi connectivity index (χ1n) is 6.42. The summed E-state index contributed by atoms with van der Waals surface area (Å²) in [4.78, 5) is 34.3. The van der Waals surface area contributed by atoms with Crippen molar-refractivity contribution in [2.24, 2.45) is 0 Å². The first-order valence-corrected chi connectivity index (χ1v) is 6.42. The number of anilines is 1. The van der Waals surface area contributed by atoms with Gasteiger partial charge in [0.15, 0.2) is 0 Å². The van der Waals surface area contributed by atoms with Gasteiger partial charge in [-0.15, -0.1) is 0 Å². The molecule has 1 unspecified atom stereocenters. The standard InChI is InChI=1S/C13H15N3O5/c1-8(17)14-10-4-5-15(7-10)11-3-2-9(13(18)19)6-12(11)16(20)21/h2-3,6,10H,4-5,7H2,1H3,(H,14,17)(H,18,19). The van der Waals surface area contributed by atoms with Gasteiger partial charge < -0.3 is 15.3 Å². The van der Waals surface area contributed by atoms with Gasteiger partial charge in [-0.1, -0.05) is 0 Å². The number of aromatic carboxylic acids is 1. The number of hydrogen-bond acceptors (Lipinski definition) is 5. The summed E-state index contributed by atoms with van der Waals surface area (Å²) in [5.41, 5.74) is 0.0132. The van der Waals surface area contributed by atoms with Crippen LogP contribution in [0.5, 0.6) is 0 Å². The Hall–Kier alpha value is -2.64. The quantitative estimate of drug-likeness (QED) is 0.632. The van der Waals surface area contributed by atoms with Gasteiger partial charge in [0.1, 0.15) is 5.69 Å². The molecule has 0 saturated carbocycles. The molecule has 2 N–H and O–H groups in total. The lowest BCUT2D eigenvalue weighted by molar-refractivity contribution is -0.384. The SMILES string of the molecule is CC(=O)NC1CCN(c2ccc(C(=O)O)cc2[N+](=O)[O-])C1. The van der Waals surface area contributed by atoms with Crippen LogP contribution in [-0.2, 0) is 4.79 Å². The molecule has 0 radical (unpaired) electrons. The second kappa shape index (κ2) is 5.78. The summed E-state index contributed by atoms with van der Waals surface area (Å²) < 4.78 is 0. The van der Waals surface area contributed by atoms with Gasteiger partial charge in [-0.05, 0) is 18.6 Å². The van der Waals surface area contributed by atoms with Gasteiger partial charge >= 0.3 is 5.97 Å². The highest BCUT2D eigenvalue weighted by Gasteiger charge is 2.28. The largest absolute Gasteiger partial charge is 0.478 e. The number of amides is 1. The van der Waals surface area contributed by atoms with Crippen molar-refractivity contribution < 1.29 is 19.6 Å². The molecule has 1 saturated heterocycles. The topological polar surface area (TPSA) is 113 Å². The minimum Gasteiger partial charge on any atom is -0.478 e. The molecule has 1 aliphatic rings. The Morgan fingerprint density at radius 3 is 2.76 bits per heavy atom. The predicted octanol–water partition coefficient (Wildman–Crippen LogP) is 1.01. The molecule has 0 bridgehead atoms. The fourth-order valence-electron chi connectivity index (χ4n) is 2.45. The number of nitrogens with zero attached hydrogens (tertiary/aromatic N) is 2. The molecule has 8 heteroatoms. The number of hydrogen-bond donors (Lipinski definition) is 2. The Bertz CT molecular complexity index is 601. The highest BCUT2D eigenvalue weighted by Crippen LogP contribution is 2.31. The van der Waals surface area contributed by atoms with E-state index in [4.69, 9.17) is 5.11 Å². The van der Waals surface area contributed by atoms with Crippen molar-refractivity contribution in [1.29, 1.82) is 0 Å². The van der Waals surface area contributed by atoms with E-state index in [1.165, 1.54) is 19.1 Å². The predicted molar refractivity (Wildman–Crippen MR) is 74.5 cm³/mol. The molecule has 1 fully saturated rings. The number of carbonyl (C=O) groups excluding carboxylic acids is 1. The third-order valence-corrected chi connectivity index (χ3v) is 3.36. The summed E-state index contributed by atoms with van der Waals surface area (Å²) in [5.74, 6) is -1.35. The zero-order chi connectivity index (χ0) is 15.6. The number of nitrogens with one attached hydrogen (secondary N) is 1. The van der Waals surface area contributed by atoms with Crippen molar-refractivity contribution in [3.8, 4) is 0 Å². The maximum atomic E-state index is 11.1. The molecule has 1 aliphatic heterocycles. The number of nitro benzene ring substituents is 1. The molecule has 1 aromatic carbocycles. The zero-order valence-electron chi connectivity index (χ0n) is 11.4. The van der Waals surface area contributed by atoms with Gasteiger partial charge in [0.2, 0.25) is 5.91 Å². The van der Waals surface area contributed by atoms with E-state index >= 15 is 0 Å². The van der Waals surface area contributed by atoms with Crippen LogP contribution in [0, 0.1) is 10.1 Å². The van der Waals surface area contributed by atoms with Gasteiger partial charge in [0.05, 0.1) is 10.5 Å². The van der Waals surface area contributed by atoms with Crippen LogP contribution < -0.4 is 10.2 Å². The molecule has 112 valence electrons. The summed E-state index contributed by atoms with van der Waals surface area (Å²) >= 11 is 0. The monoisotopic (exact) mass is 293 g/mol. The maximum absolute atomic E-state index is 11.1. The number of carboxylic acid groups (broad SMARTS) is 1. The van der Waals surface area contributed by atoms with E-state index in [1.807, 2.05) is 0 Å². The highest BCUT2D eigenvalue weighted by molar-refractivity contribution is 5.90. The third kappa shape index (κ3) is 3.28. The van der Waals surface area contributed by atoms with Crippen molar-refractivity contribution in [2.45, 2.75) is 19.4 Å². The number of carboxylic acids is 1. The van der Waals surface area contributed by atoms with Gasteiger partial charge in [0, 0.05) is 32.1 Å². The van der Waals surface area contributed by atoms with Crippen LogP contribution in [0.4, 0.5) is 11.4 Å². The fourth-order valence-corrected chi connectivity index (χ4v) is 2.45. The van der Waals surface area contributed by atoms with Gasteiger partial charge in [0.25, 0.3) is 5.69 Å². The molecule has 1 atom stereocenters. The Balaban J connectivity index is 2.26. The highest BCUT2D eigenvalue weighted by atomic mass is 16.6. The molecule has 1 aromatic rings. The molecular weight excluding hydrogens is 278 g/mol. The Morgan fingerprint density at radius 2 is 2.19 bits per heavy atom. The molecule has 1 heterocycles. The number of nitro groups is 1. The summed E-state index contributed by atoms with van der Waals surface area (Å²) in [6.45, 7) is 2.46. The molecule has 2 rings (SSSR count). The van der Waals surface area contributed by atoms with Crippen LogP contribution in [0.25, 0.3) is 0 Å². The van der Waals surface area contributed by atoms with Crippen LogP contribution in [0.1, 0.15) is 23.7 Å². The lowest BCUT2D eigenvalue weighted by Gasteiger charge is -2.19. The van der Waals surface area contributed by atoms with Crippen LogP contribution in [0.15, 0.2) is 18.2 Å². The minimum atomic E-state index is -1.21. The number of carbonyl (C=O) groups is 2. The van der Waals surface area contributed by atoms with E-state index in [0.29, 0.717) is 25.2 Å². The van der Waals surface area contributed by atoms with E-state index in [0.717, 1.165) is 6.07 Å². The molecule has 0 spiro atoms. The van der Waals surface area contributed by atoms with Crippen molar-refractivity contribution in [2.75, 3.05) is 18.0 Å². The van der Waals surface area contributed by atoms with E-state index in [9.17, 15) is 19.7 Å². The van der Waals surface area contributed by atoms with Crippen LogP contribution in [0.3, 0.4) is 0 Å². The molecule has 21 heavy (non-hydrogen) atoms. The van der Waals surface area contributed by atoms with Crippen molar-refractivity contribution in [3.63, 3.8) is 0 Å². The molecule has 8 nitrogen and oxygen atoms in total. The molecule has 1 amide bonds. The molecule has 0 aromatic heterocycles. The first kappa shape index (κ1) is 14.8. The lowest BCUT2D eigenvalue weighted by atomic mass is 10.1. The smallest absolute Gasteiger partial charge is 0.335 e. The summed E-state index contributed by atoms with van der Waals surface area (Å²) in [7, 11) is 0. The van der Waals surface area contributed by atoms with Crippen molar-refractivity contribution in [3.05, 3.63) is 33.9 Å². The normalized spacial score (nSPS) is 17.6.